The van der Waals surface area contributed by atoms with Gasteiger partial charge in [0.1, 0.15) is 5.82 Å². The van der Waals surface area contributed by atoms with Crippen molar-refractivity contribution in [3.8, 4) is 0 Å². The monoisotopic (exact) mass is 210 g/mol. The third-order valence-corrected chi connectivity index (χ3v) is 1.71. The molecule has 0 saturated heterocycles. The van der Waals surface area contributed by atoms with Crippen LogP contribution in [0.15, 0.2) is 17.2 Å². The number of hydrogen-bond acceptors (Lipinski definition) is 4. The van der Waals surface area contributed by atoms with E-state index >= 15 is 0 Å². The maximum absolute atomic E-state index is 11.1. The first-order chi connectivity index (χ1) is 7.22. The lowest BCUT2D eigenvalue weighted by molar-refractivity contribution is -0.120. The SMILES string of the molecule is CCNC(=O)CCNc1cc(=O)[nH]cn1. The third kappa shape index (κ3) is 4.26. The molecule has 0 spiro atoms. The molecule has 3 N–H and O–H groups in total. The Labute approximate surface area is 87.1 Å². The smallest absolute Gasteiger partial charge is 0.252 e. The van der Waals surface area contributed by atoms with Crippen LogP contribution >= 0.6 is 0 Å². The number of aromatic amines is 1. The Morgan fingerprint density at radius 2 is 2.40 bits per heavy atom. The van der Waals surface area contributed by atoms with Crippen molar-refractivity contribution in [1.82, 2.24) is 15.3 Å². The molecule has 0 saturated carbocycles. The summed E-state index contributed by atoms with van der Waals surface area (Å²) in [5, 5.41) is 5.56. The van der Waals surface area contributed by atoms with Gasteiger partial charge in [-0.2, -0.15) is 0 Å². The van der Waals surface area contributed by atoms with E-state index in [0.717, 1.165) is 0 Å². The summed E-state index contributed by atoms with van der Waals surface area (Å²) in [7, 11) is 0. The number of hydrogen-bond donors (Lipinski definition) is 3. The minimum Gasteiger partial charge on any atom is -0.369 e. The highest BCUT2D eigenvalue weighted by Crippen LogP contribution is 1.94. The van der Waals surface area contributed by atoms with Crippen molar-refractivity contribution >= 4 is 11.7 Å². The van der Waals surface area contributed by atoms with E-state index < -0.39 is 0 Å². The summed E-state index contributed by atoms with van der Waals surface area (Å²) in [4.78, 5) is 28.2. The highest BCUT2D eigenvalue weighted by molar-refractivity contribution is 5.76. The minimum atomic E-state index is -0.217. The minimum absolute atomic E-state index is 0.0187. The summed E-state index contributed by atoms with van der Waals surface area (Å²) in [6.07, 6.45) is 1.68. The van der Waals surface area contributed by atoms with Gasteiger partial charge < -0.3 is 15.6 Å². The fourth-order valence-electron chi connectivity index (χ4n) is 1.05. The second-order valence-corrected chi connectivity index (χ2v) is 2.93. The number of nitrogens with zero attached hydrogens (tertiary/aromatic N) is 1. The molecule has 0 fully saturated rings. The topological polar surface area (TPSA) is 86.9 Å². The summed E-state index contributed by atoms with van der Waals surface area (Å²) in [5.74, 6) is 0.456. The molecule has 6 nitrogen and oxygen atoms in total. The van der Waals surface area contributed by atoms with Gasteiger partial charge in [-0.1, -0.05) is 0 Å². The molecule has 1 aromatic rings. The molecule has 0 atom stereocenters. The van der Waals surface area contributed by atoms with Crippen LogP contribution < -0.4 is 16.2 Å². The lowest BCUT2D eigenvalue weighted by Crippen LogP contribution is -2.25. The quantitative estimate of drug-likeness (QED) is 0.623. The van der Waals surface area contributed by atoms with Crippen LogP contribution in [0.25, 0.3) is 0 Å². The Morgan fingerprint density at radius 1 is 1.60 bits per heavy atom. The van der Waals surface area contributed by atoms with Gasteiger partial charge in [-0.3, -0.25) is 9.59 Å². The van der Waals surface area contributed by atoms with E-state index in [0.29, 0.717) is 25.3 Å². The number of carbonyl (C=O) groups excluding carboxylic acids is 1. The average Bonchev–Trinajstić information content (AvgIpc) is 2.18. The van der Waals surface area contributed by atoms with Gasteiger partial charge in [-0.15, -0.1) is 0 Å². The van der Waals surface area contributed by atoms with Gasteiger partial charge in [0.15, 0.2) is 0 Å². The van der Waals surface area contributed by atoms with Gasteiger partial charge in [-0.25, -0.2) is 4.98 Å². The van der Waals surface area contributed by atoms with Gasteiger partial charge in [0.2, 0.25) is 5.91 Å². The van der Waals surface area contributed by atoms with Crippen molar-refractivity contribution in [1.29, 1.82) is 0 Å². The third-order valence-electron chi connectivity index (χ3n) is 1.71. The standard InChI is InChI=1S/C9H14N4O2/c1-2-10-8(14)3-4-11-7-5-9(15)13-6-12-7/h5-6H,2-4H2,1H3,(H,10,14)(H2,11,12,13,15). The van der Waals surface area contributed by atoms with Gasteiger partial charge >= 0.3 is 0 Å². The molecule has 0 aromatic carbocycles. The number of aromatic nitrogens is 2. The predicted molar refractivity (Wildman–Crippen MR) is 56.6 cm³/mol. The van der Waals surface area contributed by atoms with Gasteiger partial charge in [0.05, 0.1) is 6.33 Å². The first-order valence-electron chi connectivity index (χ1n) is 4.77. The largest absolute Gasteiger partial charge is 0.369 e. The molecule has 1 aromatic heterocycles. The van der Waals surface area contributed by atoms with Crippen molar-refractivity contribution in [2.24, 2.45) is 0 Å². The zero-order valence-corrected chi connectivity index (χ0v) is 8.54. The number of H-pyrrole nitrogens is 1. The zero-order valence-electron chi connectivity index (χ0n) is 8.54. The molecule has 0 unspecified atom stereocenters. The highest BCUT2D eigenvalue weighted by atomic mass is 16.1. The Kier molecular flexibility index (Phi) is 4.33. The van der Waals surface area contributed by atoms with Crippen LogP contribution in [0.3, 0.4) is 0 Å². The van der Waals surface area contributed by atoms with Crippen LogP contribution in [-0.2, 0) is 4.79 Å². The molecule has 82 valence electrons. The Hall–Kier alpha value is -1.85. The maximum Gasteiger partial charge on any atom is 0.252 e. The number of anilines is 1. The normalized spacial score (nSPS) is 9.67. The summed E-state index contributed by atoms with van der Waals surface area (Å²) in [6, 6.07) is 1.34. The Bertz CT molecular complexity index is 374. The molecule has 15 heavy (non-hydrogen) atoms. The highest BCUT2D eigenvalue weighted by Gasteiger charge is 1.99. The molecular weight excluding hydrogens is 196 g/mol. The van der Waals surface area contributed by atoms with Crippen LogP contribution in [0.5, 0.6) is 0 Å². The lowest BCUT2D eigenvalue weighted by atomic mass is 10.4. The van der Waals surface area contributed by atoms with Crippen molar-refractivity contribution in [2.45, 2.75) is 13.3 Å². The van der Waals surface area contributed by atoms with Crippen molar-refractivity contribution in [2.75, 3.05) is 18.4 Å². The number of carbonyl (C=O) groups is 1. The first kappa shape index (κ1) is 11.2. The van der Waals surface area contributed by atoms with Crippen LogP contribution in [0.1, 0.15) is 13.3 Å². The summed E-state index contributed by atoms with van der Waals surface area (Å²) >= 11 is 0. The molecule has 0 bridgehead atoms. The second-order valence-electron chi connectivity index (χ2n) is 2.93. The molecule has 1 heterocycles. The summed E-state index contributed by atoms with van der Waals surface area (Å²) in [6.45, 7) is 2.95. The van der Waals surface area contributed by atoms with Gasteiger partial charge in [-0.05, 0) is 6.92 Å². The maximum atomic E-state index is 11.1. The van der Waals surface area contributed by atoms with E-state index in [1.165, 1.54) is 12.4 Å². The zero-order chi connectivity index (χ0) is 11.1. The van der Waals surface area contributed by atoms with Crippen LogP contribution in [0, 0.1) is 0 Å². The van der Waals surface area contributed by atoms with Crippen LogP contribution in [0.2, 0.25) is 0 Å². The molecule has 0 aliphatic rings. The predicted octanol–water partition coefficient (Wildman–Crippen LogP) is -0.292. The van der Waals surface area contributed by atoms with Gasteiger partial charge in [0, 0.05) is 25.6 Å². The molecule has 1 rings (SSSR count). The fourth-order valence-corrected chi connectivity index (χ4v) is 1.05. The van der Waals surface area contributed by atoms with Crippen LogP contribution in [-0.4, -0.2) is 29.0 Å². The average molecular weight is 210 g/mol. The molecular formula is C9H14N4O2. The number of nitrogens with one attached hydrogen (secondary N) is 3. The van der Waals surface area contributed by atoms with Crippen LogP contribution in [0.4, 0.5) is 5.82 Å². The van der Waals surface area contributed by atoms with E-state index in [1.807, 2.05) is 6.92 Å². The summed E-state index contributed by atoms with van der Waals surface area (Å²) < 4.78 is 0. The Balaban J connectivity index is 2.32. The van der Waals surface area contributed by atoms with E-state index in [2.05, 4.69) is 20.6 Å². The fraction of sp³-hybridized carbons (Fsp3) is 0.444. The number of amides is 1. The second kappa shape index (κ2) is 5.79. The molecule has 0 radical (unpaired) electrons. The van der Waals surface area contributed by atoms with Crippen molar-refractivity contribution < 1.29 is 4.79 Å². The van der Waals surface area contributed by atoms with E-state index in [-0.39, 0.29) is 11.5 Å². The number of rotatable bonds is 5. The van der Waals surface area contributed by atoms with Gasteiger partial charge in [0.25, 0.3) is 5.56 Å². The molecule has 6 heteroatoms. The molecule has 0 aliphatic carbocycles. The molecule has 0 aliphatic heterocycles. The van der Waals surface area contributed by atoms with E-state index in [1.54, 1.807) is 0 Å². The first-order valence-corrected chi connectivity index (χ1v) is 4.77. The Morgan fingerprint density at radius 3 is 3.07 bits per heavy atom. The summed E-state index contributed by atoms with van der Waals surface area (Å²) in [5.41, 5.74) is -0.217. The lowest BCUT2D eigenvalue weighted by Gasteiger charge is -2.04. The molecule has 1 amide bonds. The van der Waals surface area contributed by atoms with E-state index in [9.17, 15) is 9.59 Å². The van der Waals surface area contributed by atoms with E-state index in [4.69, 9.17) is 0 Å². The van der Waals surface area contributed by atoms with Crippen molar-refractivity contribution in [3.05, 3.63) is 22.7 Å². The van der Waals surface area contributed by atoms with Crippen molar-refractivity contribution in [3.63, 3.8) is 0 Å².